The monoisotopic (exact) mass is 300 g/mol. The van der Waals surface area contributed by atoms with Crippen molar-refractivity contribution in [2.24, 2.45) is 5.92 Å². The zero-order valence-electron chi connectivity index (χ0n) is 12.3. The van der Waals surface area contributed by atoms with Crippen molar-refractivity contribution in [3.8, 4) is 5.75 Å². The first-order valence-corrected chi connectivity index (χ1v) is 6.90. The SMILES string of the molecule is CCCC(CCO)CNc1cc(OC)cc(F)c1[N+](=O)[O-]. The Morgan fingerprint density at radius 1 is 1.48 bits per heavy atom. The largest absolute Gasteiger partial charge is 0.497 e. The number of halogens is 1. The highest BCUT2D eigenvalue weighted by Gasteiger charge is 2.22. The van der Waals surface area contributed by atoms with Gasteiger partial charge >= 0.3 is 5.69 Å². The molecule has 0 fully saturated rings. The van der Waals surface area contributed by atoms with Crippen molar-refractivity contribution in [3.63, 3.8) is 0 Å². The first-order valence-electron chi connectivity index (χ1n) is 6.90. The summed E-state index contributed by atoms with van der Waals surface area (Å²) < 4.78 is 18.7. The quantitative estimate of drug-likeness (QED) is 0.541. The summed E-state index contributed by atoms with van der Waals surface area (Å²) in [6.45, 7) is 2.51. The van der Waals surface area contributed by atoms with E-state index in [1.807, 2.05) is 6.92 Å². The van der Waals surface area contributed by atoms with Gasteiger partial charge in [-0.05, 0) is 18.8 Å². The minimum atomic E-state index is -0.934. The first kappa shape index (κ1) is 17.2. The zero-order chi connectivity index (χ0) is 15.8. The summed E-state index contributed by atoms with van der Waals surface area (Å²) in [6.07, 6.45) is 2.43. The topological polar surface area (TPSA) is 84.6 Å². The number of hydrogen-bond donors (Lipinski definition) is 2. The average Bonchev–Trinajstić information content (AvgIpc) is 2.44. The Labute approximate surface area is 123 Å². The summed E-state index contributed by atoms with van der Waals surface area (Å²) in [5.74, 6) is -0.542. The van der Waals surface area contributed by atoms with E-state index in [9.17, 15) is 14.5 Å². The molecule has 0 aromatic heterocycles. The third-order valence-electron chi connectivity index (χ3n) is 3.27. The summed E-state index contributed by atoms with van der Waals surface area (Å²) in [5, 5.41) is 22.9. The number of rotatable bonds is 9. The minimum absolute atomic E-state index is 0.0565. The Balaban J connectivity index is 2.94. The van der Waals surface area contributed by atoms with Gasteiger partial charge in [-0.3, -0.25) is 10.1 Å². The van der Waals surface area contributed by atoms with Crippen molar-refractivity contribution in [2.75, 3.05) is 25.6 Å². The van der Waals surface area contributed by atoms with Crippen LogP contribution >= 0.6 is 0 Å². The third kappa shape index (κ3) is 4.86. The number of nitro groups is 1. The number of hydrogen-bond acceptors (Lipinski definition) is 5. The molecule has 1 aromatic carbocycles. The molecule has 0 aliphatic heterocycles. The second-order valence-corrected chi connectivity index (χ2v) is 4.81. The van der Waals surface area contributed by atoms with E-state index in [1.165, 1.54) is 13.2 Å². The normalized spacial score (nSPS) is 12.0. The van der Waals surface area contributed by atoms with E-state index in [4.69, 9.17) is 9.84 Å². The van der Waals surface area contributed by atoms with Crippen LogP contribution in [0.5, 0.6) is 5.75 Å². The van der Waals surface area contributed by atoms with Crippen molar-refractivity contribution in [1.82, 2.24) is 0 Å². The molecule has 0 spiro atoms. The lowest BCUT2D eigenvalue weighted by atomic mass is 10.00. The van der Waals surface area contributed by atoms with Crippen molar-refractivity contribution >= 4 is 11.4 Å². The van der Waals surface area contributed by atoms with Crippen molar-refractivity contribution in [3.05, 3.63) is 28.1 Å². The number of aliphatic hydroxyl groups excluding tert-OH is 1. The van der Waals surface area contributed by atoms with Gasteiger partial charge in [0.1, 0.15) is 11.4 Å². The van der Waals surface area contributed by atoms with Gasteiger partial charge in [-0.25, -0.2) is 0 Å². The maximum absolute atomic E-state index is 13.8. The first-order chi connectivity index (χ1) is 10.0. The molecular formula is C14H21FN2O4. The molecule has 0 amide bonds. The Bertz CT molecular complexity index is 476. The summed E-state index contributed by atoms with van der Waals surface area (Å²) in [4.78, 5) is 10.2. The Hall–Kier alpha value is -1.89. The Morgan fingerprint density at radius 2 is 2.19 bits per heavy atom. The molecule has 1 aromatic rings. The summed E-state index contributed by atoms with van der Waals surface area (Å²) in [7, 11) is 1.37. The van der Waals surface area contributed by atoms with Gasteiger partial charge in [0.05, 0.1) is 12.0 Å². The van der Waals surface area contributed by atoms with Crippen LogP contribution < -0.4 is 10.1 Å². The van der Waals surface area contributed by atoms with Crippen LogP contribution in [0.4, 0.5) is 15.8 Å². The van der Waals surface area contributed by atoms with E-state index in [2.05, 4.69) is 5.32 Å². The van der Waals surface area contributed by atoms with Crippen LogP contribution in [0.15, 0.2) is 12.1 Å². The van der Waals surface area contributed by atoms with Crippen molar-refractivity contribution in [1.29, 1.82) is 0 Å². The summed E-state index contributed by atoms with van der Waals surface area (Å²) >= 11 is 0. The predicted octanol–water partition coefficient (Wildman–Crippen LogP) is 2.95. The molecule has 118 valence electrons. The summed E-state index contributed by atoms with van der Waals surface area (Å²) in [6, 6.07) is 2.39. The predicted molar refractivity (Wildman–Crippen MR) is 78.2 cm³/mol. The van der Waals surface area contributed by atoms with E-state index in [0.717, 1.165) is 18.9 Å². The highest BCUT2D eigenvalue weighted by Crippen LogP contribution is 2.32. The molecule has 0 aliphatic carbocycles. The van der Waals surface area contributed by atoms with Gasteiger partial charge in [0.15, 0.2) is 0 Å². The number of anilines is 1. The van der Waals surface area contributed by atoms with Gasteiger partial charge in [0.25, 0.3) is 0 Å². The zero-order valence-corrected chi connectivity index (χ0v) is 12.3. The molecule has 1 rings (SSSR count). The van der Waals surface area contributed by atoms with Gasteiger partial charge in [-0.1, -0.05) is 13.3 Å². The molecular weight excluding hydrogens is 279 g/mol. The molecule has 0 saturated carbocycles. The molecule has 21 heavy (non-hydrogen) atoms. The van der Waals surface area contributed by atoms with Crippen LogP contribution in [-0.2, 0) is 0 Å². The number of benzene rings is 1. The fourth-order valence-electron chi connectivity index (χ4n) is 2.21. The van der Waals surface area contributed by atoms with Gasteiger partial charge in [-0.2, -0.15) is 4.39 Å². The van der Waals surface area contributed by atoms with E-state index < -0.39 is 16.4 Å². The van der Waals surface area contributed by atoms with Crippen LogP contribution in [0, 0.1) is 21.8 Å². The standard InChI is InChI=1S/C14H21FN2O4/c1-3-4-10(5-6-18)9-16-13-8-11(21-2)7-12(15)14(13)17(19)20/h7-8,10,16,18H,3-6,9H2,1-2H3. The molecule has 6 nitrogen and oxygen atoms in total. The van der Waals surface area contributed by atoms with Crippen LogP contribution in [0.25, 0.3) is 0 Å². The van der Waals surface area contributed by atoms with Crippen molar-refractivity contribution in [2.45, 2.75) is 26.2 Å². The van der Waals surface area contributed by atoms with Gasteiger partial charge in [-0.15, -0.1) is 0 Å². The lowest BCUT2D eigenvalue weighted by Gasteiger charge is -2.17. The van der Waals surface area contributed by atoms with Gasteiger partial charge in [0, 0.05) is 25.3 Å². The molecule has 2 N–H and O–H groups in total. The maximum Gasteiger partial charge on any atom is 0.327 e. The third-order valence-corrected chi connectivity index (χ3v) is 3.27. The van der Waals surface area contributed by atoms with Crippen LogP contribution in [0.3, 0.4) is 0 Å². The molecule has 0 saturated heterocycles. The minimum Gasteiger partial charge on any atom is -0.497 e. The lowest BCUT2D eigenvalue weighted by Crippen LogP contribution is -2.16. The summed E-state index contributed by atoms with van der Waals surface area (Å²) in [5.41, 5.74) is -0.495. The molecule has 1 atom stereocenters. The second-order valence-electron chi connectivity index (χ2n) is 4.81. The molecule has 7 heteroatoms. The Morgan fingerprint density at radius 3 is 2.71 bits per heavy atom. The second kappa shape index (κ2) is 8.41. The van der Waals surface area contributed by atoms with E-state index in [1.54, 1.807) is 0 Å². The maximum atomic E-state index is 13.8. The van der Waals surface area contributed by atoms with E-state index >= 15 is 0 Å². The van der Waals surface area contributed by atoms with Crippen LogP contribution in [-0.4, -0.2) is 30.3 Å². The van der Waals surface area contributed by atoms with E-state index in [0.29, 0.717) is 13.0 Å². The van der Waals surface area contributed by atoms with Crippen LogP contribution in [0.2, 0.25) is 0 Å². The fraction of sp³-hybridized carbons (Fsp3) is 0.571. The van der Waals surface area contributed by atoms with E-state index in [-0.39, 0.29) is 24.0 Å². The fourth-order valence-corrected chi connectivity index (χ4v) is 2.21. The highest BCUT2D eigenvalue weighted by molar-refractivity contribution is 5.65. The van der Waals surface area contributed by atoms with Crippen molar-refractivity contribution < 1.29 is 19.2 Å². The molecule has 0 aliphatic rings. The van der Waals surface area contributed by atoms with Crippen LogP contribution in [0.1, 0.15) is 26.2 Å². The smallest absolute Gasteiger partial charge is 0.327 e. The van der Waals surface area contributed by atoms with Gasteiger partial charge < -0.3 is 15.2 Å². The average molecular weight is 300 g/mol. The Kier molecular flexibility index (Phi) is 6.87. The molecule has 0 bridgehead atoms. The number of nitrogens with one attached hydrogen (secondary N) is 1. The number of methoxy groups -OCH3 is 1. The number of ether oxygens (including phenoxy) is 1. The number of aliphatic hydroxyl groups is 1. The highest BCUT2D eigenvalue weighted by atomic mass is 19.1. The number of nitro benzene ring substituents is 1. The number of nitrogens with zero attached hydrogens (tertiary/aromatic N) is 1. The molecule has 1 unspecified atom stereocenters. The lowest BCUT2D eigenvalue weighted by molar-refractivity contribution is -0.386. The molecule has 0 heterocycles. The van der Waals surface area contributed by atoms with Gasteiger partial charge in [0.2, 0.25) is 5.82 Å². The molecule has 0 radical (unpaired) electrons.